The summed E-state index contributed by atoms with van der Waals surface area (Å²) >= 11 is 0. The Morgan fingerprint density at radius 2 is 1.65 bits per heavy atom. The lowest BCUT2D eigenvalue weighted by molar-refractivity contribution is -0.0498. The van der Waals surface area contributed by atoms with E-state index in [1.165, 1.54) is 17.7 Å². The van der Waals surface area contributed by atoms with Gasteiger partial charge in [-0.05, 0) is 41.8 Å². The second-order valence-electron chi connectivity index (χ2n) is 4.88. The molecule has 0 saturated carbocycles. The summed E-state index contributed by atoms with van der Waals surface area (Å²) in [6.45, 7) is -0.496. The molecule has 0 aliphatic rings. The molecule has 0 saturated heterocycles. The second-order valence-corrected chi connectivity index (χ2v) is 4.88. The average molecular weight is 320 g/mol. The lowest BCUT2D eigenvalue weighted by atomic mass is 10.1. The Balaban J connectivity index is 1.81. The van der Waals surface area contributed by atoms with E-state index < -0.39 is 6.61 Å². The van der Waals surface area contributed by atoms with E-state index in [2.05, 4.69) is 22.3 Å². The molecule has 4 nitrogen and oxygen atoms in total. The van der Waals surface area contributed by atoms with Gasteiger partial charge in [0.2, 0.25) is 0 Å². The van der Waals surface area contributed by atoms with E-state index in [4.69, 9.17) is 0 Å². The normalized spacial score (nSPS) is 10.4. The predicted octanol–water partition coefficient (Wildman–Crippen LogP) is 4.17. The molecule has 2 amide bonds. The summed E-state index contributed by atoms with van der Waals surface area (Å²) in [7, 11) is 0. The Morgan fingerprint density at radius 3 is 2.22 bits per heavy atom. The van der Waals surface area contributed by atoms with Crippen LogP contribution in [0.15, 0.2) is 48.5 Å². The molecule has 2 aromatic rings. The molecule has 0 aliphatic carbocycles. The Bertz CT molecular complexity index is 628. The van der Waals surface area contributed by atoms with Crippen molar-refractivity contribution in [1.82, 2.24) is 5.32 Å². The molecule has 0 aromatic heterocycles. The molecule has 23 heavy (non-hydrogen) atoms. The summed E-state index contributed by atoms with van der Waals surface area (Å²) in [5, 5.41) is 5.42. The zero-order valence-corrected chi connectivity index (χ0v) is 12.7. The molecule has 0 bridgehead atoms. The van der Waals surface area contributed by atoms with E-state index in [9.17, 15) is 13.6 Å². The highest BCUT2D eigenvalue weighted by Gasteiger charge is 2.05. The standard InChI is InChI=1S/C17H18F2N2O2/c1-2-12-3-7-14(8-4-12)21-17(22)20-11-13-5-9-15(10-6-13)23-16(18)19/h3-10,16H,2,11H2,1H3,(H2,20,21,22). The number of nitrogens with one attached hydrogen (secondary N) is 2. The summed E-state index contributed by atoms with van der Waals surface area (Å²) < 4.78 is 28.3. The zero-order valence-electron chi connectivity index (χ0n) is 12.7. The van der Waals surface area contributed by atoms with Crippen LogP contribution in [0.1, 0.15) is 18.1 Å². The zero-order chi connectivity index (χ0) is 16.7. The predicted molar refractivity (Wildman–Crippen MR) is 84.8 cm³/mol. The van der Waals surface area contributed by atoms with E-state index >= 15 is 0 Å². The number of aryl methyl sites for hydroxylation is 1. The number of carbonyl (C=O) groups excluding carboxylic acids is 1. The van der Waals surface area contributed by atoms with Crippen molar-refractivity contribution in [1.29, 1.82) is 0 Å². The van der Waals surface area contributed by atoms with E-state index in [0.717, 1.165) is 12.0 Å². The lowest BCUT2D eigenvalue weighted by Gasteiger charge is -2.09. The number of rotatable bonds is 6. The molecule has 0 unspecified atom stereocenters. The third-order valence-electron chi connectivity index (χ3n) is 3.22. The van der Waals surface area contributed by atoms with Gasteiger partial charge in [0.1, 0.15) is 5.75 Å². The number of ether oxygens (including phenoxy) is 1. The van der Waals surface area contributed by atoms with E-state index in [1.807, 2.05) is 24.3 Å². The monoisotopic (exact) mass is 320 g/mol. The quantitative estimate of drug-likeness (QED) is 0.839. The number of alkyl halides is 2. The molecule has 0 fully saturated rings. The first-order valence-corrected chi connectivity index (χ1v) is 7.24. The Hall–Kier alpha value is -2.63. The highest BCUT2D eigenvalue weighted by molar-refractivity contribution is 5.89. The first-order chi connectivity index (χ1) is 11.1. The third kappa shape index (κ3) is 5.58. The van der Waals surface area contributed by atoms with Crippen molar-refractivity contribution in [3.05, 3.63) is 59.7 Å². The molecule has 2 N–H and O–H groups in total. The fourth-order valence-corrected chi connectivity index (χ4v) is 1.97. The molecule has 0 aliphatic heterocycles. The van der Waals surface area contributed by atoms with Gasteiger partial charge in [0.05, 0.1) is 0 Å². The van der Waals surface area contributed by atoms with Crippen LogP contribution in [0.3, 0.4) is 0 Å². The molecule has 2 aromatic carbocycles. The van der Waals surface area contributed by atoms with Gasteiger partial charge in [-0.2, -0.15) is 8.78 Å². The summed E-state index contributed by atoms with van der Waals surface area (Å²) in [4.78, 5) is 11.8. The lowest BCUT2D eigenvalue weighted by Crippen LogP contribution is -2.28. The molecule has 0 radical (unpaired) electrons. The molecule has 122 valence electrons. The summed E-state index contributed by atoms with van der Waals surface area (Å²) in [5.41, 5.74) is 2.69. The van der Waals surface area contributed by atoms with Gasteiger partial charge in [-0.15, -0.1) is 0 Å². The molecular weight excluding hydrogens is 302 g/mol. The van der Waals surface area contributed by atoms with Crippen LogP contribution in [0.25, 0.3) is 0 Å². The number of hydrogen-bond donors (Lipinski definition) is 2. The number of halogens is 2. The van der Waals surface area contributed by atoms with Crippen molar-refractivity contribution < 1.29 is 18.3 Å². The largest absolute Gasteiger partial charge is 0.435 e. The van der Waals surface area contributed by atoms with Crippen LogP contribution in [-0.4, -0.2) is 12.6 Å². The van der Waals surface area contributed by atoms with Crippen molar-refractivity contribution in [3.63, 3.8) is 0 Å². The fourth-order valence-electron chi connectivity index (χ4n) is 1.97. The van der Waals surface area contributed by atoms with Crippen LogP contribution in [0.5, 0.6) is 5.75 Å². The minimum atomic E-state index is -2.84. The summed E-state index contributed by atoms with van der Waals surface area (Å²) in [5.74, 6) is 0.0872. The van der Waals surface area contributed by atoms with Crippen LogP contribution in [-0.2, 0) is 13.0 Å². The molecule has 0 atom stereocenters. The van der Waals surface area contributed by atoms with Gasteiger partial charge in [0.15, 0.2) is 0 Å². The summed E-state index contributed by atoms with van der Waals surface area (Å²) in [6, 6.07) is 13.4. The first-order valence-electron chi connectivity index (χ1n) is 7.24. The fraction of sp³-hybridized carbons (Fsp3) is 0.235. The molecular formula is C17H18F2N2O2. The minimum Gasteiger partial charge on any atom is -0.435 e. The number of benzene rings is 2. The topological polar surface area (TPSA) is 50.4 Å². The SMILES string of the molecule is CCc1ccc(NC(=O)NCc2ccc(OC(F)F)cc2)cc1. The van der Waals surface area contributed by atoms with E-state index in [0.29, 0.717) is 5.69 Å². The van der Waals surface area contributed by atoms with Crippen molar-refractivity contribution in [2.45, 2.75) is 26.5 Å². The molecule has 0 heterocycles. The Kier molecular flexibility index (Phi) is 5.91. The van der Waals surface area contributed by atoms with E-state index in [-0.39, 0.29) is 18.3 Å². The highest BCUT2D eigenvalue weighted by atomic mass is 19.3. The van der Waals surface area contributed by atoms with Crippen molar-refractivity contribution >= 4 is 11.7 Å². The maximum Gasteiger partial charge on any atom is 0.387 e. The number of hydrogen-bond acceptors (Lipinski definition) is 2. The first kappa shape index (κ1) is 16.7. The number of amides is 2. The van der Waals surface area contributed by atoms with Gasteiger partial charge < -0.3 is 15.4 Å². The number of carbonyl (C=O) groups is 1. The van der Waals surface area contributed by atoms with Gasteiger partial charge in [-0.25, -0.2) is 4.79 Å². The smallest absolute Gasteiger partial charge is 0.387 e. The second kappa shape index (κ2) is 8.12. The van der Waals surface area contributed by atoms with Gasteiger partial charge >= 0.3 is 12.6 Å². The van der Waals surface area contributed by atoms with Crippen LogP contribution in [0, 0.1) is 0 Å². The van der Waals surface area contributed by atoms with Gasteiger partial charge in [0.25, 0.3) is 0 Å². The van der Waals surface area contributed by atoms with E-state index in [1.54, 1.807) is 12.1 Å². The number of anilines is 1. The van der Waals surface area contributed by atoms with Crippen LogP contribution >= 0.6 is 0 Å². The summed E-state index contributed by atoms with van der Waals surface area (Å²) in [6.07, 6.45) is 0.942. The van der Waals surface area contributed by atoms with Gasteiger partial charge in [-0.3, -0.25) is 0 Å². The Morgan fingerprint density at radius 1 is 1.04 bits per heavy atom. The third-order valence-corrected chi connectivity index (χ3v) is 3.22. The van der Waals surface area contributed by atoms with Crippen molar-refractivity contribution in [2.75, 3.05) is 5.32 Å². The van der Waals surface area contributed by atoms with Crippen LogP contribution in [0.4, 0.5) is 19.3 Å². The van der Waals surface area contributed by atoms with Gasteiger partial charge in [-0.1, -0.05) is 31.2 Å². The van der Waals surface area contributed by atoms with Crippen molar-refractivity contribution in [3.8, 4) is 5.75 Å². The maximum atomic E-state index is 12.0. The maximum absolute atomic E-state index is 12.0. The van der Waals surface area contributed by atoms with Gasteiger partial charge in [0, 0.05) is 12.2 Å². The Labute approximate surface area is 133 Å². The molecule has 2 rings (SSSR count). The molecule has 0 spiro atoms. The van der Waals surface area contributed by atoms with Crippen molar-refractivity contribution in [2.24, 2.45) is 0 Å². The number of urea groups is 1. The highest BCUT2D eigenvalue weighted by Crippen LogP contribution is 2.15. The van der Waals surface area contributed by atoms with Crippen LogP contribution in [0.2, 0.25) is 0 Å². The molecule has 6 heteroatoms. The average Bonchev–Trinajstić information content (AvgIpc) is 2.54. The minimum absolute atomic E-state index is 0.0872. The van der Waals surface area contributed by atoms with Crippen LogP contribution < -0.4 is 15.4 Å².